The van der Waals surface area contributed by atoms with Crippen LogP contribution in [0.25, 0.3) is 0 Å². The van der Waals surface area contributed by atoms with Crippen LogP contribution in [0, 0.1) is 0 Å². The van der Waals surface area contributed by atoms with Gasteiger partial charge in [-0.3, -0.25) is 14.0 Å². The van der Waals surface area contributed by atoms with Gasteiger partial charge in [-0.2, -0.15) is 0 Å². The van der Waals surface area contributed by atoms with Crippen LogP contribution in [0.4, 0.5) is 5.69 Å². The SMILES string of the molecule is COc1cccc(N([C@@H](C)C(=O)NCc2ccc(CN3CCOCC3)cc2)S(C)(=O)=O)c1. The maximum absolute atomic E-state index is 12.8. The van der Waals surface area contributed by atoms with Crippen molar-refractivity contribution in [1.82, 2.24) is 10.2 Å². The number of hydrogen-bond donors (Lipinski definition) is 1. The number of methoxy groups -OCH3 is 1. The number of benzene rings is 2. The standard InChI is InChI=1S/C23H31N3O5S/c1-18(26(32(3,28)29)21-5-4-6-22(15-21)30-2)23(27)24-16-19-7-9-20(10-8-19)17-25-11-13-31-14-12-25/h4-10,15,18H,11-14,16-17H2,1-3H3,(H,24,27)/t18-/m0/s1. The number of amides is 1. The first-order valence-corrected chi connectivity index (χ1v) is 12.4. The van der Waals surface area contributed by atoms with Crippen LogP contribution >= 0.6 is 0 Å². The number of rotatable bonds is 9. The van der Waals surface area contributed by atoms with Gasteiger partial charge in [-0.05, 0) is 30.2 Å². The van der Waals surface area contributed by atoms with Gasteiger partial charge in [0.15, 0.2) is 0 Å². The highest BCUT2D eigenvalue weighted by atomic mass is 32.2. The molecular weight excluding hydrogens is 430 g/mol. The number of nitrogens with zero attached hydrogens (tertiary/aromatic N) is 2. The van der Waals surface area contributed by atoms with E-state index >= 15 is 0 Å². The number of carbonyl (C=O) groups excluding carboxylic acids is 1. The van der Waals surface area contributed by atoms with Crippen molar-refractivity contribution >= 4 is 21.6 Å². The number of sulfonamides is 1. The molecule has 0 aliphatic carbocycles. The molecule has 1 aliphatic rings. The molecule has 1 atom stereocenters. The molecule has 0 saturated carbocycles. The molecule has 0 radical (unpaired) electrons. The summed E-state index contributed by atoms with van der Waals surface area (Å²) in [7, 11) is -2.18. The van der Waals surface area contributed by atoms with Crippen molar-refractivity contribution in [3.05, 3.63) is 59.7 Å². The third-order valence-corrected chi connectivity index (χ3v) is 6.64. The van der Waals surface area contributed by atoms with Crippen molar-refractivity contribution in [1.29, 1.82) is 0 Å². The highest BCUT2D eigenvalue weighted by Crippen LogP contribution is 2.25. The minimum atomic E-state index is -3.69. The van der Waals surface area contributed by atoms with Gasteiger partial charge in [-0.15, -0.1) is 0 Å². The molecule has 0 unspecified atom stereocenters. The molecular formula is C23H31N3O5S. The quantitative estimate of drug-likeness (QED) is 0.615. The molecule has 32 heavy (non-hydrogen) atoms. The summed E-state index contributed by atoms with van der Waals surface area (Å²) in [6.07, 6.45) is 1.09. The van der Waals surface area contributed by atoms with Crippen LogP contribution < -0.4 is 14.4 Å². The molecule has 1 saturated heterocycles. The van der Waals surface area contributed by atoms with Gasteiger partial charge in [0, 0.05) is 32.2 Å². The van der Waals surface area contributed by atoms with E-state index in [2.05, 4.69) is 22.3 Å². The van der Waals surface area contributed by atoms with Crippen molar-refractivity contribution in [3.8, 4) is 5.75 Å². The van der Waals surface area contributed by atoms with Crippen molar-refractivity contribution < 1.29 is 22.7 Å². The summed E-state index contributed by atoms with van der Waals surface area (Å²) in [5.74, 6) is 0.136. The normalized spacial score (nSPS) is 15.7. The minimum Gasteiger partial charge on any atom is -0.497 e. The van der Waals surface area contributed by atoms with Crippen LogP contribution in [-0.2, 0) is 32.6 Å². The van der Waals surface area contributed by atoms with Gasteiger partial charge in [0.2, 0.25) is 15.9 Å². The number of ether oxygens (including phenoxy) is 2. The number of hydrogen-bond acceptors (Lipinski definition) is 6. The van der Waals surface area contributed by atoms with Gasteiger partial charge < -0.3 is 14.8 Å². The fourth-order valence-corrected chi connectivity index (χ4v) is 4.84. The Labute approximate surface area is 190 Å². The number of morpholine rings is 1. The molecule has 174 valence electrons. The van der Waals surface area contributed by atoms with E-state index in [1.807, 2.05) is 12.1 Å². The first-order chi connectivity index (χ1) is 15.3. The van der Waals surface area contributed by atoms with Crippen molar-refractivity contribution in [2.75, 3.05) is 44.0 Å². The van der Waals surface area contributed by atoms with Gasteiger partial charge in [0.05, 0.1) is 32.3 Å². The fourth-order valence-electron chi connectivity index (χ4n) is 3.67. The molecule has 1 fully saturated rings. The Morgan fingerprint density at radius 1 is 1.16 bits per heavy atom. The Hall–Kier alpha value is -2.62. The van der Waals surface area contributed by atoms with E-state index < -0.39 is 16.1 Å². The second kappa shape index (κ2) is 10.8. The third-order valence-electron chi connectivity index (χ3n) is 5.40. The van der Waals surface area contributed by atoms with E-state index in [0.717, 1.165) is 49.0 Å². The Morgan fingerprint density at radius 2 is 1.81 bits per heavy atom. The Kier molecular flexibility index (Phi) is 8.11. The van der Waals surface area contributed by atoms with Crippen LogP contribution in [0.2, 0.25) is 0 Å². The Balaban J connectivity index is 1.62. The highest BCUT2D eigenvalue weighted by molar-refractivity contribution is 7.92. The molecule has 1 amide bonds. The molecule has 2 aromatic carbocycles. The fraction of sp³-hybridized carbons (Fsp3) is 0.435. The molecule has 2 aromatic rings. The lowest BCUT2D eigenvalue weighted by Gasteiger charge is -2.28. The topological polar surface area (TPSA) is 88.2 Å². The average molecular weight is 462 g/mol. The van der Waals surface area contributed by atoms with Gasteiger partial charge >= 0.3 is 0 Å². The van der Waals surface area contributed by atoms with E-state index in [1.165, 1.54) is 12.7 Å². The Bertz CT molecular complexity index is 1000. The second-order valence-corrected chi connectivity index (χ2v) is 9.72. The maximum Gasteiger partial charge on any atom is 0.243 e. The van der Waals surface area contributed by atoms with Crippen molar-refractivity contribution in [3.63, 3.8) is 0 Å². The van der Waals surface area contributed by atoms with Crippen LogP contribution in [-0.4, -0.2) is 64.9 Å². The summed E-state index contributed by atoms with van der Waals surface area (Å²) < 4.78 is 36.6. The molecule has 9 heteroatoms. The van der Waals surface area contributed by atoms with Crippen LogP contribution in [0.15, 0.2) is 48.5 Å². The molecule has 0 spiro atoms. The third kappa shape index (κ3) is 6.44. The lowest BCUT2D eigenvalue weighted by molar-refractivity contribution is -0.122. The number of carbonyl (C=O) groups is 1. The van der Waals surface area contributed by atoms with Crippen LogP contribution in [0.3, 0.4) is 0 Å². The van der Waals surface area contributed by atoms with Gasteiger partial charge in [0.1, 0.15) is 11.8 Å². The van der Waals surface area contributed by atoms with E-state index in [4.69, 9.17) is 9.47 Å². The molecule has 1 heterocycles. The number of nitrogens with one attached hydrogen (secondary N) is 1. The zero-order valence-electron chi connectivity index (χ0n) is 18.8. The number of anilines is 1. The van der Waals surface area contributed by atoms with E-state index in [9.17, 15) is 13.2 Å². The second-order valence-electron chi connectivity index (χ2n) is 7.86. The zero-order chi connectivity index (χ0) is 23.1. The summed E-state index contributed by atoms with van der Waals surface area (Å²) in [4.78, 5) is 15.1. The van der Waals surface area contributed by atoms with Crippen LogP contribution in [0.5, 0.6) is 5.75 Å². The summed E-state index contributed by atoms with van der Waals surface area (Å²) >= 11 is 0. The molecule has 0 aromatic heterocycles. The molecule has 0 bridgehead atoms. The monoisotopic (exact) mass is 461 g/mol. The minimum absolute atomic E-state index is 0.316. The van der Waals surface area contributed by atoms with Gasteiger partial charge in [-0.1, -0.05) is 30.3 Å². The van der Waals surface area contributed by atoms with E-state index in [0.29, 0.717) is 18.0 Å². The van der Waals surface area contributed by atoms with Crippen LogP contribution in [0.1, 0.15) is 18.1 Å². The summed E-state index contributed by atoms with van der Waals surface area (Å²) in [5, 5.41) is 2.85. The lowest BCUT2D eigenvalue weighted by Crippen LogP contribution is -2.47. The molecule has 8 nitrogen and oxygen atoms in total. The first kappa shape index (κ1) is 24.0. The van der Waals surface area contributed by atoms with Crippen molar-refractivity contribution in [2.45, 2.75) is 26.1 Å². The predicted octanol–water partition coefficient (Wildman–Crippen LogP) is 2.00. The summed E-state index contributed by atoms with van der Waals surface area (Å²) in [6, 6.07) is 13.8. The largest absolute Gasteiger partial charge is 0.497 e. The zero-order valence-corrected chi connectivity index (χ0v) is 19.6. The molecule has 1 aliphatic heterocycles. The molecule has 3 rings (SSSR count). The van der Waals surface area contributed by atoms with E-state index in [-0.39, 0.29) is 5.91 Å². The molecule has 1 N–H and O–H groups in total. The smallest absolute Gasteiger partial charge is 0.243 e. The maximum atomic E-state index is 12.8. The Morgan fingerprint density at radius 3 is 2.44 bits per heavy atom. The van der Waals surface area contributed by atoms with Gasteiger partial charge in [-0.25, -0.2) is 8.42 Å². The average Bonchev–Trinajstić information content (AvgIpc) is 2.78. The van der Waals surface area contributed by atoms with E-state index in [1.54, 1.807) is 31.2 Å². The predicted molar refractivity (Wildman–Crippen MR) is 124 cm³/mol. The highest BCUT2D eigenvalue weighted by Gasteiger charge is 2.29. The summed E-state index contributed by atoms with van der Waals surface area (Å²) in [6.45, 7) is 6.15. The van der Waals surface area contributed by atoms with Gasteiger partial charge in [0.25, 0.3) is 0 Å². The van der Waals surface area contributed by atoms with Crippen molar-refractivity contribution in [2.24, 2.45) is 0 Å². The lowest BCUT2D eigenvalue weighted by atomic mass is 10.1. The first-order valence-electron chi connectivity index (χ1n) is 10.6. The summed E-state index contributed by atoms with van der Waals surface area (Å²) in [5.41, 5.74) is 2.53.